The van der Waals surface area contributed by atoms with Gasteiger partial charge in [-0.2, -0.15) is 0 Å². The lowest BCUT2D eigenvalue weighted by Gasteiger charge is -2.19. The molecule has 0 amide bonds. The maximum Gasteiger partial charge on any atom is 0.337 e. The van der Waals surface area contributed by atoms with Gasteiger partial charge in [-0.3, -0.25) is 0 Å². The van der Waals surface area contributed by atoms with Gasteiger partial charge in [-0.05, 0) is 42.1 Å². The fourth-order valence-corrected chi connectivity index (χ4v) is 2.60. The summed E-state index contributed by atoms with van der Waals surface area (Å²) < 4.78 is 5.72. The second-order valence-electron chi connectivity index (χ2n) is 4.84. The number of rotatable bonds is 6. The zero-order chi connectivity index (χ0) is 17.0. The Morgan fingerprint density at radius 2 is 2.00 bits per heavy atom. The van der Waals surface area contributed by atoms with E-state index in [4.69, 9.17) is 34.3 Å². The number of anilines is 1. The molecule has 1 atom stereocenters. The Bertz CT molecular complexity index is 772. The van der Waals surface area contributed by atoms with Crippen LogP contribution in [0.2, 0.25) is 0 Å². The highest BCUT2D eigenvalue weighted by molar-refractivity contribution is 7.71. The molecule has 1 aromatic carbocycles. The number of aromatic amines is 2. The minimum absolute atomic E-state index is 0.330. The molecular formula is C14H16N4O3S2. The Labute approximate surface area is 143 Å². The van der Waals surface area contributed by atoms with Gasteiger partial charge in [0, 0.05) is 19.8 Å². The van der Waals surface area contributed by atoms with Crippen LogP contribution in [0.3, 0.4) is 0 Å². The molecular weight excluding hydrogens is 336 g/mol. The van der Waals surface area contributed by atoms with Crippen molar-refractivity contribution in [1.29, 1.82) is 0 Å². The molecule has 0 saturated heterocycles. The van der Waals surface area contributed by atoms with E-state index in [0.29, 0.717) is 27.5 Å². The van der Waals surface area contributed by atoms with Crippen LogP contribution in [-0.2, 0) is 16.1 Å². The van der Waals surface area contributed by atoms with Crippen LogP contribution in [0.5, 0.6) is 0 Å². The number of hydrogen-bond acceptors (Lipinski definition) is 6. The molecule has 0 bridgehead atoms. The van der Waals surface area contributed by atoms with Crippen molar-refractivity contribution in [3.05, 3.63) is 45.2 Å². The number of ether oxygens (including phenoxy) is 1. The van der Waals surface area contributed by atoms with Gasteiger partial charge in [0.1, 0.15) is 5.82 Å². The normalized spacial score (nSPS) is 11.9. The first-order chi connectivity index (χ1) is 10.9. The van der Waals surface area contributed by atoms with E-state index in [9.17, 15) is 4.79 Å². The summed E-state index contributed by atoms with van der Waals surface area (Å²) in [7, 11) is 3.25. The topological polar surface area (TPSA) is 94.2 Å². The molecule has 2 aromatic rings. The van der Waals surface area contributed by atoms with Gasteiger partial charge >= 0.3 is 5.97 Å². The van der Waals surface area contributed by atoms with Gasteiger partial charge in [-0.1, -0.05) is 12.1 Å². The summed E-state index contributed by atoms with van der Waals surface area (Å²) in [5, 5.41) is 9.08. The number of carboxylic acids is 1. The van der Waals surface area contributed by atoms with Gasteiger partial charge in [0.25, 0.3) is 0 Å². The van der Waals surface area contributed by atoms with Crippen LogP contribution in [0, 0.1) is 9.54 Å². The fraction of sp³-hybridized carbons (Fsp3) is 0.286. The average Bonchev–Trinajstić information content (AvgIpc) is 2.47. The minimum Gasteiger partial charge on any atom is -0.479 e. The van der Waals surface area contributed by atoms with Gasteiger partial charge in [0.2, 0.25) is 4.77 Å². The highest BCUT2D eigenvalue weighted by atomic mass is 32.1. The lowest BCUT2D eigenvalue weighted by molar-refractivity contribution is -0.148. The number of carboxylic acid groups (broad SMARTS) is 1. The zero-order valence-corrected chi connectivity index (χ0v) is 14.2. The Balaban J connectivity index is 2.17. The Hall–Kier alpha value is -2.10. The fourth-order valence-electron chi connectivity index (χ4n) is 2.11. The number of aliphatic carboxylic acids is 1. The molecule has 1 aromatic heterocycles. The molecule has 0 spiro atoms. The Kier molecular flexibility index (Phi) is 5.59. The second-order valence-corrected chi connectivity index (χ2v) is 5.64. The number of hydrogen-bond donors (Lipinski definition) is 3. The summed E-state index contributed by atoms with van der Waals surface area (Å²) in [6.07, 6.45) is -0.973. The molecule has 2 rings (SSSR count). The molecule has 1 unspecified atom stereocenters. The van der Waals surface area contributed by atoms with Gasteiger partial charge in [0.15, 0.2) is 10.9 Å². The van der Waals surface area contributed by atoms with Crippen LogP contribution in [0.15, 0.2) is 24.3 Å². The molecule has 1 heterocycles. The quantitative estimate of drug-likeness (QED) is 0.688. The number of carbonyl (C=O) groups is 1. The third-order valence-electron chi connectivity index (χ3n) is 3.20. The smallest absolute Gasteiger partial charge is 0.337 e. The van der Waals surface area contributed by atoms with E-state index in [1.165, 1.54) is 7.11 Å². The van der Waals surface area contributed by atoms with Crippen molar-refractivity contribution in [2.24, 2.45) is 0 Å². The lowest BCUT2D eigenvalue weighted by atomic mass is 10.1. The van der Waals surface area contributed by atoms with Crippen LogP contribution in [0.1, 0.15) is 17.5 Å². The van der Waals surface area contributed by atoms with E-state index in [2.05, 4.69) is 15.0 Å². The van der Waals surface area contributed by atoms with Crippen molar-refractivity contribution in [2.75, 3.05) is 19.1 Å². The third-order valence-corrected chi connectivity index (χ3v) is 3.60. The van der Waals surface area contributed by atoms with Crippen LogP contribution in [-0.4, -0.2) is 40.2 Å². The van der Waals surface area contributed by atoms with Gasteiger partial charge in [-0.15, -0.1) is 0 Å². The summed E-state index contributed by atoms with van der Waals surface area (Å²) in [5.41, 5.74) is 1.48. The van der Waals surface area contributed by atoms with Crippen LogP contribution >= 0.6 is 24.4 Å². The van der Waals surface area contributed by atoms with E-state index in [-0.39, 0.29) is 0 Å². The average molecular weight is 352 g/mol. The van der Waals surface area contributed by atoms with Crippen LogP contribution in [0.4, 0.5) is 5.69 Å². The standard InChI is InChI=1S/C14H16N4O3S2/c1-18(7-10-15-13(22)17-14(23)16-10)9-5-3-8(4-6-9)11(21-2)12(19)20/h3-6,11H,7H2,1-2H3,(H,19,20)(H2,15,16,17,22,23). The molecule has 0 fully saturated rings. The molecule has 9 heteroatoms. The molecule has 0 saturated carbocycles. The zero-order valence-electron chi connectivity index (χ0n) is 12.6. The van der Waals surface area contributed by atoms with Crippen molar-refractivity contribution < 1.29 is 14.6 Å². The monoisotopic (exact) mass is 352 g/mol. The molecule has 7 nitrogen and oxygen atoms in total. The van der Waals surface area contributed by atoms with Crippen LogP contribution in [0.25, 0.3) is 0 Å². The predicted molar refractivity (Wildman–Crippen MR) is 90.5 cm³/mol. The molecule has 0 aliphatic carbocycles. The van der Waals surface area contributed by atoms with Crippen molar-refractivity contribution in [2.45, 2.75) is 12.6 Å². The van der Waals surface area contributed by atoms with E-state index >= 15 is 0 Å². The summed E-state index contributed by atoms with van der Waals surface area (Å²) in [6, 6.07) is 7.09. The van der Waals surface area contributed by atoms with Gasteiger partial charge < -0.3 is 24.7 Å². The lowest BCUT2D eigenvalue weighted by Crippen LogP contribution is -2.19. The van der Waals surface area contributed by atoms with Crippen molar-refractivity contribution in [1.82, 2.24) is 15.0 Å². The molecule has 0 radical (unpaired) electrons. The number of benzene rings is 1. The van der Waals surface area contributed by atoms with E-state index in [1.807, 2.05) is 24.1 Å². The molecule has 23 heavy (non-hydrogen) atoms. The maximum atomic E-state index is 11.1. The van der Waals surface area contributed by atoms with E-state index in [1.54, 1.807) is 12.1 Å². The van der Waals surface area contributed by atoms with Gasteiger partial charge in [0.05, 0.1) is 6.54 Å². The van der Waals surface area contributed by atoms with Crippen molar-refractivity contribution in [3.63, 3.8) is 0 Å². The Morgan fingerprint density at radius 3 is 2.52 bits per heavy atom. The van der Waals surface area contributed by atoms with Crippen molar-refractivity contribution >= 4 is 36.1 Å². The largest absolute Gasteiger partial charge is 0.479 e. The van der Waals surface area contributed by atoms with E-state index < -0.39 is 12.1 Å². The maximum absolute atomic E-state index is 11.1. The first-order valence-corrected chi connectivity index (χ1v) is 7.48. The number of aromatic nitrogens is 3. The number of nitrogens with one attached hydrogen (secondary N) is 2. The van der Waals surface area contributed by atoms with Crippen LogP contribution < -0.4 is 4.90 Å². The molecule has 3 N–H and O–H groups in total. The molecule has 0 aliphatic rings. The Morgan fingerprint density at radius 1 is 1.35 bits per heavy atom. The highest BCUT2D eigenvalue weighted by Gasteiger charge is 2.18. The SMILES string of the molecule is COC(C(=O)O)c1ccc(N(C)Cc2nc(=S)[nH]c(=S)[nH]2)cc1. The second kappa shape index (κ2) is 7.44. The first-order valence-electron chi connectivity index (χ1n) is 6.67. The summed E-state index contributed by atoms with van der Waals surface area (Å²) in [4.78, 5) is 22.9. The molecule has 122 valence electrons. The first kappa shape index (κ1) is 17.3. The highest BCUT2D eigenvalue weighted by Crippen LogP contribution is 2.21. The third kappa shape index (κ3) is 4.44. The van der Waals surface area contributed by atoms with E-state index in [0.717, 1.165) is 5.69 Å². The number of H-pyrrole nitrogens is 2. The summed E-state index contributed by atoms with van der Waals surface area (Å²) in [5.74, 6) is -0.380. The predicted octanol–water partition coefficient (Wildman–Crippen LogP) is 2.61. The number of methoxy groups -OCH3 is 1. The summed E-state index contributed by atoms with van der Waals surface area (Å²) in [6.45, 7) is 0.480. The molecule has 0 aliphatic heterocycles. The van der Waals surface area contributed by atoms with Crippen molar-refractivity contribution in [3.8, 4) is 0 Å². The minimum atomic E-state index is -1.02. The van der Waals surface area contributed by atoms with Gasteiger partial charge in [-0.25, -0.2) is 9.78 Å². The number of nitrogens with zero attached hydrogens (tertiary/aromatic N) is 2. The summed E-state index contributed by atoms with van der Waals surface area (Å²) >= 11 is 10.0.